The number of nitrogens with zero attached hydrogens (tertiary/aromatic N) is 1. The number of aromatic nitrogens is 1. The number of hydrogen-bond acceptors (Lipinski definition) is 4. The number of anilines is 1. The van der Waals surface area contributed by atoms with Crippen molar-refractivity contribution >= 4 is 22.6 Å². The Morgan fingerprint density at radius 3 is 3.07 bits per heavy atom. The summed E-state index contributed by atoms with van der Waals surface area (Å²) in [6.45, 7) is 4.25. The summed E-state index contributed by atoms with van der Waals surface area (Å²) >= 11 is 1.49. The molecule has 14 heavy (non-hydrogen) atoms. The van der Waals surface area contributed by atoms with Gasteiger partial charge in [-0.15, -0.1) is 11.3 Å². The maximum Gasteiger partial charge on any atom is 0.413 e. The minimum absolute atomic E-state index is 0.374. The number of rotatable bonds is 4. The summed E-state index contributed by atoms with van der Waals surface area (Å²) in [7, 11) is 0. The van der Waals surface area contributed by atoms with Gasteiger partial charge in [0, 0.05) is 11.1 Å². The molecule has 0 atom stereocenters. The second-order valence-electron chi connectivity index (χ2n) is 2.73. The van der Waals surface area contributed by atoms with E-state index in [1.165, 1.54) is 16.2 Å². The first-order valence-corrected chi connectivity index (χ1v) is 5.46. The fourth-order valence-corrected chi connectivity index (χ4v) is 1.88. The summed E-state index contributed by atoms with van der Waals surface area (Å²) in [6, 6.07) is 0. The SMILES string of the molecule is CCCc1cnc(NC(=O)OCC)s1. The predicted octanol–water partition coefficient (Wildman–Crippen LogP) is 2.66. The van der Waals surface area contributed by atoms with E-state index >= 15 is 0 Å². The first-order valence-electron chi connectivity index (χ1n) is 4.64. The Hall–Kier alpha value is -1.10. The largest absolute Gasteiger partial charge is 0.450 e. The Bertz CT molecular complexity index is 299. The molecule has 0 bridgehead atoms. The molecule has 0 unspecified atom stereocenters. The van der Waals surface area contributed by atoms with Crippen molar-refractivity contribution in [3.05, 3.63) is 11.1 Å². The molecule has 0 aliphatic heterocycles. The van der Waals surface area contributed by atoms with Crippen LogP contribution in [0.3, 0.4) is 0 Å². The normalized spacial score (nSPS) is 9.86. The molecule has 1 rings (SSSR count). The van der Waals surface area contributed by atoms with E-state index in [9.17, 15) is 4.79 Å². The number of thiazole rings is 1. The van der Waals surface area contributed by atoms with Crippen LogP contribution in [-0.4, -0.2) is 17.7 Å². The molecule has 0 aliphatic rings. The van der Waals surface area contributed by atoms with Crippen molar-refractivity contribution in [3.8, 4) is 0 Å². The molecule has 0 saturated heterocycles. The molecule has 4 nitrogen and oxygen atoms in total. The zero-order valence-corrected chi connectivity index (χ0v) is 9.19. The zero-order chi connectivity index (χ0) is 10.4. The Labute approximate surface area is 87.3 Å². The Kier molecular flexibility index (Phi) is 4.39. The Morgan fingerprint density at radius 1 is 1.64 bits per heavy atom. The van der Waals surface area contributed by atoms with Crippen LogP contribution >= 0.6 is 11.3 Å². The molecule has 1 amide bonds. The van der Waals surface area contributed by atoms with E-state index in [4.69, 9.17) is 4.74 Å². The zero-order valence-electron chi connectivity index (χ0n) is 8.37. The van der Waals surface area contributed by atoms with Crippen LogP contribution in [0.5, 0.6) is 0 Å². The van der Waals surface area contributed by atoms with Crippen molar-refractivity contribution in [2.24, 2.45) is 0 Å². The van der Waals surface area contributed by atoms with Crippen molar-refractivity contribution in [3.63, 3.8) is 0 Å². The smallest absolute Gasteiger partial charge is 0.413 e. The number of carbonyl (C=O) groups excluding carboxylic acids is 1. The molecule has 0 spiro atoms. The van der Waals surface area contributed by atoms with Crippen LogP contribution in [0.15, 0.2) is 6.20 Å². The van der Waals surface area contributed by atoms with Crippen LogP contribution in [0.4, 0.5) is 9.93 Å². The first-order chi connectivity index (χ1) is 6.76. The highest BCUT2D eigenvalue weighted by Crippen LogP contribution is 2.19. The summed E-state index contributed by atoms with van der Waals surface area (Å²) in [5.74, 6) is 0. The van der Waals surface area contributed by atoms with Crippen molar-refractivity contribution in [1.82, 2.24) is 4.98 Å². The molecule has 0 aromatic carbocycles. The van der Waals surface area contributed by atoms with Crippen LogP contribution < -0.4 is 5.32 Å². The number of nitrogens with one attached hydrogen (secondary N) is 1. The summed E-state index contributed by atoms with van der Waals surface area (Å²) in [6.07, 6.45) is 3.43. The summed E-state index contributed by atoms with van der Waals surface area (Å²) in [4.78, 5) is 16.3. The van der Waals surface area contributed by atoms with Gasteiger partial charge >= 0.3 is 6.09 Å². The molecule has 78 valence electrons. The third-order valence-corrected chi connectivity index (χ3v) is 2.51. The Balaban J connectivity index is 2.46. The fourth-order valence-electron chi connectivity index (χ4n) is 0.982. The molecular formula is C9H14N2O2S. The van der Waals surface area contributed by atoms with Gasteiger partial charge in [0.2, 0.25) is 0 Å². The Morgan fingerprint density at radius 2 is 2.43 bits per heavy atom. The molecule has 1 heterocycles. The van der Waals surface area contributed by atoms with Gasteiger partial charge < -0.3 is 4.74 Å². The molecule has 1 aromatic heterocycles. The molecule has 0 saturated carbocycles. The van der Waals surface area contributed by atoms with Gasteiger partial charge in [0.25, 0.3) is 0 Å². The van der Waals surface area contributed by atoms with Crippen LogP contribution in [0.25, 0.3) is 0 Å². The summed E-state index contributed by atoms with van der Waals surface area (Å²) in [5.41, 5.74) is 0. The standard InChI is InChI=1S/C9H14N2O2S/c1-3-5-7-6-10-8(14-7)11-9(12)13-4-2/h6H,3-5H2,1-2H3,(H,10,11,12). The third-order valence-electron chi connectivity index (χ3n) is 1.53. The van der Waals surface area contributed by atoms with Crippen molar-refractivity contribution in [1.29, 1.82) is 0 Å². The van der Waals surface area contributed by atoms with Gasteiger partial charge in [-0.3, -0.25) is 5.32 Å². The number of aryl methyl sites for hydroxylation is 1. The molecule has 1 aromatic rings. The highest BCUT2D eigenvalue weighted by molar-refractivity contribution is 7.15. The van der Waals surface area contributed by atoms with Gasteiger partial charge in [-0.25, -0.2) is 9.78 Å². The summed E-state index contributed by atoms with van der Waals surface area (Å²) < 4.78 is 4.73. The lowest BCUT2D eigenvalue weighted by Crippen LogP contribution is -2.12. The van der Waals surface area contributed by atoms with Crippen LogP contribution in [0, 0.1) is 0 Å². The average Bonchev–Trinajstić information content (AvgIpc) is 2.53. The van der Waals surface area contributed by atoms with E-state index in [2.05, 4.69) is 17.2 Å². The molecule has 0 fully saturated rings. The minimum atomic E-state index is -0.440. The second-order valence-corrected chi connectivity index (χ2v) is 3.84. The van der Waals surface area contributed by atoms with Crippen molar-refractivity contribution in [2.45, 2.75) is 26.7 Å². The maximum absolute atomic E-state index is 11.0. The minimum Gasteiger partial charge on any atom is -0.450 e. The lowest BCUT2D eigenvalue weighted by molar-refractivity contribution is 0.168. The molecule has 0 aliphatic carbocycles. The number of hydrogen-bond donors (Lipinski definition) is 1. The first kappa shape index (κ1) is 11.0. The van der Waals surface area contributed by atoms with Gasteiger partial charge in [-0.05, 0) is 13.3 Å². The van der Waals surface area contributed by atoms with Gasteiger partial charge in [0.05, 0.1) is 6.61 Å². The van der Waals surface area contributed by atoms with Crippen LogP contribution in [0.1, 0.15) is 25.1 Å². The van der Waals surface area contributed by atoms with E-state index in [1.54, 1.807) is 13.1 Å². The highest BCUT2D eigenvalue weighted by Gasteiger charge is 2.05. The lowest BCUT2D eigenvalue weighted by atomic mass is 10.3. The summed E-state index contributed by atoms with van der Waals surface area (Å²) in [5, 5.41) is 3.17. The van der Waals surface area contributed by atoms with Gasteiger partial charge in [0.1, 0.15) is 0 Å². The number of ether oxygens (including phenoxy) is 1. The van der Waals surface area contributed by atoms with Gasteiger partial charge in [-0.1, -0.05) is 13.3 Å². The number of carbonyl (C=O) groups is 1. The van der Waals surface area contributed by atoms with Crippen LogP contribution in [-0.2, 0) is 11.2 Å². The van der Waals surface area contributed by atoms with E-state index in [0.29, 0.717) is 11.7 Å². The predicted molar refractivity (Wildman–Crippen MR) is 56.8 cm³/mol. The van der Waals surface area contributed by atoms with E-state index in [1.807, 2.05) is 0 Å². The highest BCUT2D eigenvalue weighted by atomic mass is 32.1. The molecular weight excluding hydrogens is 200 g/mol. The molecule has 5 heteroatoms. The van der Waals surface area contributed by atoms with Crippen molar-refractivity contribution in [2.75, 3.05) is 11.9 Å². The third kappa shape index (κ3) is 3.33. The fraction of sp³-hybridized carbons (Fsp3) is 0.556. The van der Waals surface area contributed by atoms with E-state index < -0.39 is 6.09 Å². The quantitative estimate of drug-likeness (QED) is 0.838. The van der Waals surface area contributed by atoms with Gasteiger partial charge in [-0.2, -0.15) is 0 Å². The second kappa shape index (κ2) is 5.59. The van der Waals surface area contributed by atoms with Crippen molar-refractivity contribution < 1.29 is 9.53 Å². The van der Waals surface area contributed by atoms with Crippen LogP contribution in [0.2, 0.25) is 0 Å². The van der Waals surface area contributed by atoms with Gasteiger partial charge in [0.15, 0.2) is 5.13 Å². The molecule has 0 radical (unpaired) electrons. The average molecular weight is 214 g/mol. The monoisotopic (exact) mass is 214 g/mol. The topological polar surface area (TPSA) is 51.2 Å². The lowest BCUT2D eigenvalue weighted by Gasteiger charge is -1.99. The van der Waals surface area contributed by atoms with E-state index in [-0.39, 0.29) is 0 Å². The molecule has 1 N–H and O–H groups in total. The van der Waals surface area contributed by atoms with E-state index in [0.717, 1.165) is 12.8 Å². The maximum atomic E-state index is 11.0. The number of amides is 1.